The number of likely N-dealkylation sites (N-methyl/N-ethyl adjacent to an activating group) is 1. The van der Waals surface area contributed by atoms with Crippen LogP contribution in [0.4, 0.5) is 0 Å². The van der Waals surface area contributed by atoms with Crippen molar-refractivity contribution < 1.29 is 9.53 Å². The van der Waals surface area contributed by atoms with E-state index in [9.17, 15) is 4.79 Å². The smallest absolute Gasteiger partial charge is 0.322 e. The third-order valence-corrected chi connectivity index (χ3v) is 2.62. The van der Waals surface area contributed by atoms with E-state index in [1.807, 2.05) is 6.92 Å². The fourth-order valence-electron chi connectivity index (χ4n) is 1.57. The van der Waals surface area contributed by atoms with E-state index in [-0.39, 0.29) is 12.0 Å². The van der Waals surface area contributed by atoms with E-state index in [4.69, 9.17) is 0 Å². The van der Waals surface area contributed by atoms with Crippen molar-refractivity contribution in [1.29, 1.82) is 0 Å². The predicted molar refractivity (Wildman–Crippen MR) is 61.8 cm³/mol. The molecule has 4 heteroatoms. The zero-order valence-corrected chi connectivity index (χ0v) is 10.7. The molecular weight excluding hydrogens is 192 g/mol. The Hall–Kier alpha value is -0.610. The highest BCUT2D eigenvalue weighted by Gasteiger charge is 2.19. The van der Waals surface area contributed by atoms with Crippen LogP contribution in [0.5, 0.6) is 0 Å². The molecule has 2 atom stereocenters. The standard InChI is InChI=1S/C11H24N2O2/c1-8(2)10(13(4)5)7-12-9(3)11(14)15-6/h8-10,12H,7H2,1-6H3. The van der Waals surface area contributed by atoms with Gasteiger partial charge in [0.05, 0.1) is 7.11 Å². The predicted octanol–water partition coefficient (Wildman–Crippen LogP) is 0.724. The summed E-state index contributed by atoms with van der Waals surface area (Å²) in [7, 11) is 5.51. The van der Waals surface area contributed by atoms with Gasteiger partial charge in [-0.1, -0.05) is 13.8 Å². The Morgan fingerprint density at radius 3 is 2.20 bits per heavy atom. The van der Waals surface area contributed by atoms with Crippen LogP contribution in [0.3, 0.4) is 0 Å². The molecule has 15 heavy (non-hydrogen) atoms. The molecule has 0 saturated carbocycles. The van der Waals surface area contributed by atoms with Gasteiger partial charge in [0.2, 0.25) is 0 Å². The lowest BCUT2D eigenvalue weighted by Crippen LogP contribution is -2.46. The molecule has 4 nitrogen and oxygen atoms in total. The molecule has 0 aromatic carbocycles. The van der Waals surface area contributed by atoms with Crippen LogP contribution in [0.2, 0.25) is 0 Å². The number of nitrogens with zero attached hydrogens (tertiary/aromatic N) is 1. The van der Waals surface area contributed by atoms with E-state index in [0.717, 1.165) is 6.54 Å². The average Bonchev–Trinajstić information content (AvgIpc) is 2.15. The Morgan fingerprint density at radius 2 is 1.87 bits per heavy atom. The molecule has 0 fully saturated rings. The maximum absolute atomic E-state index is 11.2. The van der Waals surface area contributed by atoms with Crippen LogP contribution < -0.4 is 5.32 Å². The molecule has 0 aliphatic carbocycles. The molecule has 1 N–H and O–H groups in total. The lowest BCUT2D eigenvalue weighted by atomic mass is 10.0. The fraction of sp³-hybridized carbons (Fsp3) is 0.909. The van der Waals surface area contributed by atoms with Gasteiger partial charge in [-0.3, -0.25) is 4.79 Å². The lowest BCUT2D eigenvalue weighted by Gasteiger charge is -2.29. The minimum atomic E-state index is -0.240. The SMILES string of the molecule is COC(=O)C(C)NCC(C(C)C)N(C)C. The fourth-order valence-corrected chi connectivity index (χ4v) is 1.57. The molecule has 0 saturated heterocycles. The summed E-state index contributed by atoms with van der Waals surface area (Å²) in [5.74, 6) is 0.341. The van der Waals surface area contributed by atoms with Crippen molar-refractivity contribution in [3.63, 3.8) is 0 Å². The van der Waals surface area contributed by atoms with Crippen LogP contribution in [0, 0.1) is 5.92 Å². The van der Waals surface area contributed by atoms with Gasteiger partial charge in [-0.15, -0.1) is 0 Å². The summed E-state index contributed by atoms with van der Waals surface area (Å²) in [6.07, 6.45) is 0. The van der Waals surface area contributed by atoms with E-state index in [2.05, 4.69) is 42.9 Å². The van der Waals surface area contributed by atoms with Gasteiger partial charge in [0.1, 0.15) is 6.04 Å². The van der Waals surface area contributed by atoms with E-state index in [0.29, 0.717) is 12.0 Å². The Morgan fingerprint density at radius 1 is 1.33 bits per heavy atom. The first-order valence-corrected chi connectivity index (χ1v) is 5.37. The largest absolute Gasteiger partial charge is 0.468 e. The van der Waals surface area contributed by atoms with E-state index in [1.54, 1.807) is 0 Å². The van der Waals surface area contributed by atoms with E-state index >= 15 is 0 Å². The molecule has 90 valence electrons. The second kappa shape index (κ2) is 6.80. The number of methoxy groups -OCH3 is 1. The molecule has 0 aliphatic rings. The third kappa shape index (κ3) is 5.14. The summed E-state index contributed by atoms with van der Waals surface area (Å²) in [5, 5.41) is 3.18. The number of esters is 1. The van der Waals surface area contributed by atoms with Gasteiger partial charge in [0, 0.05) is 12.6 Å². The van der Waals surface area contributed by atoms with Crippen molar-refractivity contribution in [1.82, 2.24) is 10.2 Å². The van der Waals surface area contributed by atoms with Gasteiger partial charge in [-0.25, -0.2) is 0 Å². The molecule has 0 bridgehead atoms. The Bertz CT molecular complexity index is 185. The zero-order valence-electron chi connectivity index (χ0n) is 10.7. The normalized spacial score (nSPS) is 15.5. The van der Waals surface area contributed by atoms with Gasteiger partial charge < -0.3 is 15.0 Å². The van der Waals surface area contributed by atoms with Crippen LogP contribution in [-0.2, 0) is 9.53 Å². The zero-order chi connectivity index (χ0) is 12.0. The molecule has 0 heterocycles. The summed E-state index contributed by atoms with van der Waals surface area (Å²) in [6.45, 7) is 6.96. The first-order chi connectivity index (χ1) is 6.90. The Balaban J connectivity index is 4.05. The number of hydrogen-bond donors (Lipinski definition) is 1. The average molecular weight is 216 g/mol. The van der Waals surface area contributed by atoms with Crippen LogP contribution in [0.1, 0.15) is 20.8 Å². The number of rotatable bonds is 6. The van der Waals surface area contributed by atoms with Crippen molar-refractivity contribution in [2.75, 3.05) is 27.7 Å². The highest BCUT2D eigenvalue weighted by Crippen LogP contribution is 2.06. The number of hydrogen-bond acceptors (Lipinski definition) is 4. The first-order valence-electron chi connectivity index (χ1n) is 5.37. The number of nitrogens with one attached hydrogen (secondary N) is 1. The molecule has 0 aromatic rings. The molecule has 0 amide bonds. The van der Waals surface area contributed by atoms with Crippen molar-refractivity contribution in [3.05, 3.63) is 0 Å². The molecule has 0 aromatic heterocycles. The molecule has 0 rings (SSSR count). The first kappa shape index (κ1) is 14.4. The molecule has 0 spiro atoms. The number of carbonyl (C=O) groups excluding carboxylic acids is 1. The van der Waals surface area contributed by atoms with Crippen molar-refractivity contribution in [3.8, 4) is 0 Å². The summed E-state index contributed by atoms with van der Waals surface area (Å²) in [4.78, 5) is 13.3. The van der Waals surface area contributed by atoms with Gasteiger partial charge in [0.15, 0.2) is 0 Å². The summed E-state index contributed by atoms with van der Waals surface area (Å²) in [5.41, 5.74) is 0. The summed E-state index contributed by atoms with van der Waals surface area (Å²) in [6, 6.07) is 0.188. The molecule has 0 radical (unpaired) electrons. The minimum absolute atomic E-state index is 0.212. The lowest BCUT2D eigenvalue weighted by molar-refractivity contribution is -0.142. The van der Waals surface area contributed by atoms with Crippen LogP contribution in [0.25, 0.3) is 0 Å². The van der Waals surface area contributed by atoms with Gasteiger partial charge in [-0.2, -0.15) is 0 Å². The highest BCUT2D eigenvalue weighted by atomic mass is 16.5. The molecule has 0 aliphatic heterocycles. The molecular formula is C11H24N2O2. The monoisotopic (exact) mass is 216 g/mol. The summed E-state index contributed by atoms with van der Waals surface area (Å²) >= 11 is 0. The molecule has 2 unspecified atom stereocenters. The minimum Gasteiger partial charge on any atom is -0.468 e. The second-order valence-corrected chi connectivity index (χ2v) is 4.43. The van der Waals surface area contributed by atoms with Gasteiger partial charge >= 0.3 is 5.97 Å². The maximum atomic E-state index is 11.2. The number of carbonyl (C=O) groups is 1. The van der Waals surface area contributed by atoms with E-state index < -0.39 is 0 Å². The van der Waals surface area contributed by atoms with E-state index in [1.165, 1.54) is 7.11 Å². The van der Waals surface area contributed by atoms with Crippen LogP contribution in [-0.4, -0.2) is 50.7 Å². The second-order valence-electron chi connectivity index (χ2n) is 4.43. The highest BCUT2D eigenvalue weighted by molar-refractivity contribution is 5.75. The third-order valence-electron chi connectivity index (χ3n) is 2.62. The van der Waals surface area contributed by atoms with Crippen molar-refractivity contribution >= 4 is 5.97 Å². The Labute approximate surface area is 93.0 Å². The summed E-state index contributed by atoms with van der Waals surface area (Å²) < 4.78 is 4.65. The quantitative estimate of drug-likeness (QED) is 0.664. The maximum Gasteiger partial charge on any atom is 0.322 e. The van der Waals surface area contributed by atoms with Gasteiger partial charge in [0.25, 0.3) is 0 Å². The number of ether oxygens (including phenoxy) is 1. The van der Waals surface area contributed by atoms with Gasteiger partial charge in [-0.05, 0) is 26.9 Å². The van der Waals surface area contributed by atoms with Crippen LogP contribution >= 0.6 is 0 Å². The Kier molecular flexibility index (Phi) is 6.52. The van der Waals surface area contributed by atoms with Crippen molar-refractivity contribution in [2.24, 2.45) is 5.92 Å². The topological polar surface area (TPSA) is 41.6 Å². The van der Waals surface area contributed by atoms with Crippen LogP contribution in [0.15, 0.2) is 0 Å². The van der Waals surface area contributed by atoms with Crippen molar-refractivity contribution in [2.45, 2.75) is 32.9 Å².